The fraction of sp³-hybridized carbons (Fsp3) is 0.522. The zero-order valence-corrected chi connectivity index (χ0v) is 20.2. The molecule has 1 aromatic heterocycles. The molecular weight excluding hydrogens is 380 g/mol. The second kappa shape index (κ2) is 8.36. The van der Waals surface area contributed by atoms with E-state index in [1.54, 1.807) is 0 Å². The van der Waals surface area contributed by atoms with E-state index in [4.69, 9.17) is 14.1 Å². The third-order valence-electron chi connectivity index (χ3n) is 5.67. The van der Waals surface area contributed by atoms with E-state index < -0.39 is 13.7 Å². The summed E-state index contributed by atoms with van der Waals surface area (Å²) >= 11 is 0. The molecule has 1 heterocycles. The lowest BCUT2D eigenvalue weighted by Gasteiger charge is -2.38. The summed E-state index contributed by atoms with van der Waals surface area (Å²) in [6.45, 7) is 16.8. The van der Waals surface area contributed by atoms with Gasteiger partial charge in [-0.25, -0.2) is 9.97 Å². The van der Waals surface area contributed by atoms with Gasteiger partial charge in [-0.3, -0.25) is 4.79 Å². The summed E-state index contributed by atoms with van der Waals surface area (Å²) in [6.07, 6.45) is 5.45. The van der Waals surface area contributed by atoms with Gasteiger partial charge in [0.15, 0.2) is 14.1 Å². The van der Waals surface area contributed by atoms with E-state index in [1.807, 2.05) is 57.3 Å². The van der Waals surface area contributed by atoms with E-state index in [-0.39, 0.29) is 17.1 Å². The molecule has 0 aliphatic heterocycles. The monoisotopic (exact) mass is 414 g/mol. The number of hydrogen-bond acceptors (Lipinski definition) is 5. The van der Waals surface area contributed by atoms with Gasteiger partial charge in [0.1, 0.15) is 6.10 Å². The third kappa shape index (κ3) is 5.51. The lowest BCUT2D eigenvalue weighted by molar-refractivity contribution is -0.148. The molecule has 6 heteroatoms. The Hall–Kier alpha value is -2.05. The van der Waals surface area contributed by atoms with E-state index in [2.05, 4.69) is 38.8 Å². The van der Waals surface area contributed by atoms with Crippen molar-refractivity contribution in [2.45, 2.75) is 65.8 Å². The number of nitrogens with zero attached hydrogens (tertiary/aromatic N) is 2. The van der Waals surface area contributed by atoms with Crippen molar-refractivity contribution in [2.75, 3.05) is 7.11 Å². The number of aromatic nitrogens is 2. The number of rotatable bonds is 6. The number of hydrogen-bond donors (Lipinski definition) is 0. The number of carbonyl (C=O) groups is 1. The van der Waals surface area contributed by atoms with Gasteiger partial charge >= 0.3 is 5.97 Å². The Balaban J connectivity index is 2.30. The van der Waals surface area contributed by atoms with Crippen molar-refractivity contribution in [1.82, 2.24) is 9.97 Å². The first-order valence-electron chi connectivity index (χ1n) is 9.99. The standard InChI is InChI=1S/C23H34N2O3Si/c1-16(28-29(8,9)22(2,3)4)20-24-15-18-11-10-17(14-19(18)25-20)12-13-23(5,6)21(26)27-7/h10-16H,1-9H3/b13-12+. The summed E-state index contributed by atoms with van der Waals surface area (Å²) in [5, 5.41) is 1.10. The number of fused-ring (bicyclic) bond motifs is 1. The molecule has 29 heavy (non-hydrogen) atoms. The molecule has 0 N–H and O–H groups in total. The second-order valence-electron chi connectivity index (χ2n) is 9.61. The normalized spacial score (nSPS) is 14.4. The zero-order valence-electron chi connectivity index (χ0n) is 19.2. The summed E-state index contributed by atoms with van der Waals surface area (Å²) in [7, 11) is -0.510. The van der Waals surface area contributed by atoms with Crippen molar-refractivity contribution in [3.8, 4) is 0 Å². The minimum Gasteiger partial charge on any atom is -0.468 e. The molecule has 0 saturated heterocycles. The molecule has 2 aromatic rings. The minimum atomic E-state index is -1.91. The molecule has 1 atom stereocenters. The van der Waals surface area contributed by atoms with Gasteiger partial charge in [-0.15, -0.1) is 0 Å². The van der Waals surface area contributed by atoms with Crippen LogP contribution in [-0.4, -0.2) is 31.4 Å². The van der Waals surface area contributed by atoms with Crippen LogP contribution in [0.5, 0.6) is 0 Å². The molecule has 5 nitrogen and oxygen atoms in total. The lowest BCUT2D eigenvalue weighted by atomic mass is 9.92. The lowest BCUT2D eigenvalue weighted by Crippen LogP contribution is -2.41. The maximum Gasteiger partial charge on any atom is 0.315 e. The molecule has 1 aromatic carbocycles. The number of benzene rings is 1. The molecule has 0 spiro atoms. The predicted octanol–water partition coefficient (Wildman–Crippen LogP) is 5.93. The van der Waals surface area contributed by atoms with E-state index in [0.29, 0.717) is 5.82 Å². The molecule has 0 bridgehead atoms. The maximum atomic E-state index is 11.9. The maximum absolute atomic E-state index is 11.9. The molecule has 0 aliphatic carbocycles. The number of esters is 1. The van der Waals surface area contributed by atoms with Crippen molar-refractivity contribution in [2.24, 2.45) is 5.41 Å². The first-order valence-corrected chi connectivity index (χ1v) is 12.9. The van der Waals surface area contributed by atoms with Gasteiger partial charge in [0.25, 0.3) is 0 Å². The van der Waals surface area contributed by atoms with Crippen LogP contribution in [0, 0.1) is 5.41 Å². The third-order valence-corrected chi connectivity index (χ3v) is 10.2. The molecule has 1 unspecified atom stereocenters. The van der Waals surface area contributed by atoms with Crippen molar-refractivity contribution >= 4 is 31.3 Å². The summed E-state index contributed by atoms with van der Waals surface area (Å²) in [4.78, 5) is 21.2. The van der Waals surface area contributed by atoms with Crippen molar-refractivity contribution in [3.05, 3.63) is 41.9 Å². The summed E-state index contributed by atoms with van der Waals surface area (Å²) < 4.78 is 11.3. The SMILES string of the molecule is COC(=O)C(C)(C)/C=C/c1ccc2cnc(C(C)O[Si](C)(C)C(C)(C)C)nc2c1. The minimum absolute atomic E-state index is 0.127. The van der Waals surface area contributed by atoms with Gasteiger partial charge in [0.05, 0.1) is 18.0 Å². The van der Waals surface area contributed by atoms with Crippen LogP contribution in [0.2, 0.25) is 18.1 Å². The van der Waals surface area contributed by atoms with Gasteiger partial charge in [0.2, 0.25) is 0 Å². The Labute approximate surface area is 175 Å². The van der Waals surface area contributed by atoms with E-state index in [9.17, 15) is 4.79 Å². The molecule has 0 fully saturated rings. The van der Waals surface area contributed by atoms with E-state index in [0.717, 1.165) is 16.5 Å². The average molecular weight is 415 g/mol. The molecule has 158 valence electrons. The van der Waals surface area contributed by atoms with Crippen molar-refractivity contribution in [3.63, 3.8) is 0 Å². The van der Waals surface area contributed by atoms with Crippen molar-refractivity contribution < 1.29 is 14.0 Å². The average Bonchev–Trinajstić information content (AvgIpc) is 2.63. The van der Waals surface area contributed by atoms with Crippen molar-refractivity contribution in [1.29, 1.82) is 0 Å². The Bertz CT molecular complexity index is 914. The fourth-order valence-corrected chi connectivity index (χ4v) is 4.00. The molecule has 0 aliphatic rings. The molecule has 0 amide bonds. The summed E-state index contributed by atoms with van der Waals surface area (Å²) in [6, 6.07) is 5.98. The van der Waals surface area contributed by atoms with Gasteiger partial charge in [-0.05, 0) is 50.5 Å². The fourth-order valence-electron chi connectivity index (χ4n) is 2.66. The topological polar surface area (TPSA) is 61.3 Å². The number of methoxy groups -OCH3 is 1. The molecular formula is C23H34N2O3Si. The molecule has 2 rings (SSSR count). The van der Waals surface area contributed by atoms with Crippen LogP contribution >= 0.6 is 0 Å². The van der Waals surface area contributed by atoms with E-state index in [1.165, 1.54) is 7.11 Å². The Kier molecular flexibility index (Phi) is 6.70. The highest BCUT2D eigenvalue weighted by atomic mass is 28.4. The van der Waals surface area contributed by atoms with Crippen LogP contribution in [0.25, 0.3) is 17.0 Å². The second-order valence-corrected chi connectivity index (χ2v) is 14.4. The van der Waals surface area contributed by atoms with Gasteiger partial charge in [-0.1, -0.05) is 45.1 Å². The van der Waals surface area contributed by atoms with Crippen LogP contribution in [0.15, 0.2) is 30.5 Å². The Morgan fingerprint density at radius 1 is 1.17 bits per heavy atom. The Morgan fingerprint density at radius 2 is 1.83 bits per heavy atom. The predicted molar refractivity (Wildman–Crippen MR) is 121 cm³/mol. The van der Waals surface area contributed by atoms with Crippen LogP contribution < -0.4 is 0 Å². The summed E-state index contributed by atoms with van der Waals surface area (Å²) in [5.41, 5.74) is 1.14. The molecule has 0 saturated carbocycles. The van der Waals surface area contributed by atoms with E-state index >= 15 is 0 Å². The van der Waals surface area contributed by atoms with Gasteiger partial charge in [0, 0.05) is 11.6 Å². The summed E-state index contributed by atoms with van der Waals surface area (Å²) in [5.74, 6) is 0.425. The van der Waals surface area contributed by atoms with Crippen LogP contribution in [-0.2, 0) is 14.0 Å². The smallest absolute Gasteiger partial charge is 0.315 e. The first-order chi connectivity index (χ1) is 13.3. The molecule has 0 radical (unpaired) electrons. The zero-order chi connectivity index (χ0) is 22.0. The Morgan fingerprint density at radius 3 is 2.41 bits per heavy atom. The highest BCUT2D eigenvalue weighted by molar-refractivity contribution is 6.74. The quantitative estimate of drug-likeness (QED) is 0.433. The number of ether oxygens (including phenoxy) is 1. The van der Waals surface area contributed by atoms with Crippen LogP contribution in [0.1, 0.15) is 59.0 Å². The largest absolute Gasteiger partial charge is 0.468 e. The van der Waals surface area contributed by atoms with Crippen LogP contribution in [0.3, 0.4) is 0 Å². The van der Waals surface area contributed by atoms with Gasteiger partial charge in [-0.2, -0.15) is 0 Å². The number of carbonyl (C=O) groups excluding carboxylic acids is 1. The first kappa shape index (κ1) is 23.2. The van der Waals surface area contributed by atoms with Gasteiger partial charge < -0.3 is 9.16 Å². The highest BCUT2D eigenvalue weighted by Gasteiger charge is 2.39. The highest BCUT2D eigenvalue weighted by Crippen LogP contribution is 2.39. The van der Waals surface area contributed by atoms with Crippen LogP contribution in [0.4, 0.5) is 0 Å².